The number of aliphatic carboxylic acids is 1. The van der Waals surface area contributed by atoms with Gasteiger partial charge in [-0.25, -0.2) is 4.98 Å². The van der Waals surface area contributed by atoms with Crippen molar-refractivity contribution in [1.82, 2.24) is 4.98 Å². The second-order valence-electron chi connectivity index (χ2n) is 7.74. The molecule has 5 nitrogen and oxygen atoms in total. The number of carbonyl (C=O) groups is 1. The number of carboxylic acid groups (broad SMARTS) is 1. The average molecular weight is 373 g/mol. The Kier molecular flexibility index (Phi) is 5.32. The number of pyridine rings is 1. The molecule has 0 unspecified atom stereocenters. The number of nitrogens with one attached hydrogen (secondary N) is 1. The van der Waals surface area contributed by atoms with Crippen LogP contribution in [0.25, 0.3) is 22.2 Å². The van der Waals surface area contributed by atoms with Crippen LogP contribution in [0.4, 0.5) is 5.69 Å². The largest absolute Gasteiger partial charge is 0.481 e. The Morgan fingerprint density at radius 2 is 1.82 bits per heavy atom. The van der Waals surface area contributed by atoms with Gasteiger partial charge >= 0.3 is 5.97 Å². The van der Waals surface area contributed by atoms with E-state index in [9.17, 15) is 10.1 Å². The number of rotatable bonds is 5. The molecule has 0 saturated carbocycles. The van der Waals surface area contributed by atoms with Gasteiger partial charge in [-0.1, -0.05) is 63.2 Å². The maximum atomic E-state index is 10.9. The van der Waals surface area contributed by atoms with Crippen molar-refractivity contribution in [3.63, 3.8) is 0 Å². The number of nitrogens with zero attached hydrogens (tertiary/aromatic N) is 2. The third kappa shape index (κ3) is 3.96. The summed E-state index contributed by atoms with van der Waals surface area (Å²) >= 11 is 0. The van der Waals surface area contributed by atoms with Crippen molar-refractivity contribution in [2.45, 2.75) is 32.6 Å². The fourth-order valence-corrected chi connectivity index (χ4v) is 3.14. The molecule has 142 valence electrons. The first-order valence-electron chi connectivity index (χ1n) is 9.20. The van der Waals surface area contributed by atoms with Crippen LogP contribution in [0.1, 0.15) is 38.3 Å². The molecule has 0 aliphatic carbocycles. The molecule has 0 bridgehead atoms. The van der Waals surface area contributed by atoms with E-state index in [1.807, 2.05) is 36.4 Å². The highest BCUT2D eigenvalue weighted by Gasteiger charge is 2.18. The fourth-order valence-electron chi connectivity index (χ4n) is 3.14. The molecule has 2 N–H and O–H groups in total. The molecule has 1 aromatic heterocycles. The lowest BCUT2D eigenvalue weighted by molar-refractivity contribution is -0.136. The van der Waals surface area contributed by atoms with Crippen LogP contribution < -0.4 is 5.32 Å². The van der Waals surface area contributed by atoms with E-state index in [1.54, 1.807) is 0 Å². The van der Waals surface area contributed by atoms with Crippen LogP contribution in [0, 0.1) is 11.3 Å². The maximum Gasteiger partial charge on any atom is 0.305 e. The zero-order valence-corrected chi connectivity index (χ0v) is 16.3. The number of aromatic nitrogens is 1. The van der Waals surface area contributed by atoms with Gasteiger partial charge in [0.05, 0.1) is 23.3 Å². The van der Waals surface area contributed by atoms with E-state index in [-0.39, 0.29) is 18.4 Å². The van der Waals surface area contributed by atoms with Gasteiger partial charge in [-0.15, -0.1) is 0 Å². The Labute approximate surface area is 164 Å². The van der Waals surface area contributed by atoms with Gasteiger partial charge in [-0.05, 0) is 17.0 Å². The van der Waals surface area contributed by atoms with Gasteiger partial charge in [0.15, 0.2) is 0 Å². The predicted octanol–water partition coefficient (Wildman–Crippen LogP) is 4.96. The number of para-hydroxylation sites is 1. The summed E-state index contributed by atoms with van der Waals surface area (Å²) in [6.45, 7) is 6.70. The first-order valence-corrected chi connectivity index (χ1v) is 9.20. The van der Waals surface area contributed by atoms with E-state index in [4.69, 9.17) is 10.1 Å². The van der Waals surface area contributed by atoms with E-state index in [2.05, 4.69) is 44.3 Å². The number of hydrogen-bond acceptors (Lipinski definition) is 4. The van der Waals surface area contributed by atoms with Crippen LogP contribution in [0.15, 0.2) is 48.5 Å². The molecule has 3 rings (SSSR count). The third-order valence-electron chi connectivity index (χ3n) is 4.67. The topological polar surface area (TPSA) is 86.0 Å². The molecule has 3 aromatic rings. The minimum absolute atomic E-state index is 0.0306. The van der Waals surface area contributed by atoms with Crippen LogP contribution in [0.5, 0.6) is 0 Å². The van der Waals surface area contributed by atoms with Crippen LogP contribution in [0.2, 0.25) is 0 Å². The Balaban J connectivity index is 2.14. The van der Waals surface area contributed by atoms with Crippen molar-refractivity contribution < 1.29 is 9.90 Å². The number of fused-ring (bicyclic) bond motifs is 1. The molecule has 5 heteroatoms. The molecule has 0 radical (unpaired) electrons. The van der Waals surface area contributed by atoms with Crippen LogP contribution >= 0.6 is 0 Å². The summed E-state index contributed by atoms with van der Waals surface area (Å²) in [5.74, 6) is -0.887. The lowest BCUT2D eigenvalue weighted by Gasteiger charge is -2.19. The number of anilines is 1. The van der Waals surface area contributed by atoms with E-state index in [1.165, 1.54) is 5.56 Å². The van der Waals surface area contributed by atoms with Crippen LogP contribution in [0.3, 0.4) is 0 Å². The van der Waals surface area contributed by atoms with Crippen molar-refractivity contribution in [1.29, 1.82) is 5.26 Å². The third-order valence-corrected chi connectivity index (χ3v) is 4.67. The molecule has 0 atom stereocenters. The standard InChI is InChI=1S/C23H23N3O2/c1-23(2,3)16-10-8-15(9-11-16)21-18(14-24)22(25-13-12-20(27)28)17-6-4-5-7-19(17)26-21/h4-11H,12-13H2,1-3H3,(H,25,26)(H,27,28). The summed E-state index contributed by atoms with van der Waals surface area (Å²) in [6, 6.07) is 17.9. The zero-order chi connectivity index (χ0) is 20.3. The molecule has 0 spiro atoms. The minimum Gasteiger partial charge on any atom is -0.481 e. The molecule has 0 aliphatic heterocycles. The second-order valence-corrected chi connectivity index (χ2v) is 7.74. The van der Waals surface area contributed by atoms with Gasteiger partial charge in [0.1, 0.15) is 11.6 Å². The lowest BCUT2D eigenvalue weighted by atomic mass is 9.86. The van der Waals surface area contributed by atoms with E-state index < -0.39 is 5.97 Å². The number of benzene rings is 2. The molecule has 0 aliphatic rings. The molecule has 1 heterocycles. The van der Waals surface area contributed by atoms with Gasteiger partial charge in [-0.2, -0.15) is 5.26 Å². The quantitative estimate of drug-likeness (QED) is 0.660. The summed E-state index contributed by atoms with van der Waals surface area (Å²) < 4.78 is 0. The molecule has 28 heavy (non-hydrogen) atoms. The van der Waals surface area contributed by atoms with E-state index in [0.29, 0.717) is 16.9 Å². The number of hydrogen-bond donors (Lipinski definition) is 2. The van der Waals surface area contributed by atoms with Gasteiger partial charge in [0, 0.05) is 17.5 Å². The lowest BCUT2D eigenvalue weighted by Crippen LogP contribution is -2.11. The summed E-state index contributed by atoms with van der Waals surface area (Å²) in [5, 5.41) is 22.8. The SMILES string of the molecule is CC(C)(C)c1ccc(-c2nc3ccccc3c(NCCC(=O)O)c2C#N)cc1. The Bertz CT molecular complexity index is 1060. The monoisotopic (exact) mass is 373 g/mol. The molecule has 0 fully saturated rings. The Morgan fingerprint density at radius 3 is 2.43 bits per heavy atom. The van der Waals surface area contributed by atoms with Crippen molar-refractivity contribution >= 4 is 22.6 Å². The maximum absolute atomic E-state index is 10.9. The molecule has 2 aromatic carbocycles. The molecule has 0 saturated heterocycles. The zero-order valence-electron chi connectivity index (χ0n) is 16.3. The van der Waals surface area contributed by atoms with Crippen LogP contribution in [-0.2, 0) is 10.2 Å². The van der Waals surface area contributed by atoms with Gasteiger partial charge in [-0.3, -0.25) is 4.79 Å². The average Bonchev–Trinajstić information content (AvgIpc) is 2.66. The Hall–Kier alpha value is -3.39. The van der Waals surface area contributed by atoms with Crippen LogP contribution in [-0.4, -0.2) is 22.6 Å². The van der Waals surface area contributed by atoms with Gasteiger partial charge in [0.2, 0.25) is 0 Å². The van der Waals surface area contributed by atoms with E-state index >= 15 is 0 Å². The van der Waals surface area contributed by atoms with E-state index in [0.717, 1.165) is 16.5 Å². The van der Waals surface area contributed by atoms with Crippen molar-refractivity contribution in [3.05, 3.63) is 59.7 Å². The van der Waals surface area contributed by atoms with Gasteiger partial charge in [0.25, 0.3) is 0 Å². The first kappa shape index (κ1) is 19.4. The highest BCUT2D eigenvalue weighted by molar-refractivity contribution is 5.98. The minimum atomic E-state index is -0.887. The summed E-state index contributed by atoms with van der Waals surface area (Å²) in [7, 11) is 0. The highest BCUT2D eigenvalue weighted by Crippen LogP contribution is 2.34. The smallest absolute Gasteiger partial charge is 0.305 e. The predicted molar refractivity (Wildman–Crippen MR) is 111 cm³/mol. The first-order chi connectivity index (χ1) is 13.3. The molecular weight excluding hydrogens is 350 g/mol. The number of carboxylic acids is 1. The number of nitriles is 1. The molecular formula is C23H23N3O2. The van der Waals surface area contributed by atoms with Gasteiger partial charge < -0.3 is 10.4 Å². The summed E-state index contributed by atoms with van der Waals surface area (Å²) in [4.78, 5) is 15.6. The fraction of sp³-hybridized carbons (Fsp3) is 0.261. The second kappa shape index (κ2) is 7.69. The highest BCUT2D eigenvalue weighted by atomic mass is 16.4. The normalized spacial score (nSPS) is 11.2. The van der Waals surface area contributed by atoms with Crippen molar-refractivity contribution in [2.24, 2.45) is 0 Å². The summed E-state index contributed by atoms with van der Waals surface area (Å²) in [6.07, 6.45) is -0.0306. The summed E-state index contributed by atoms with van der Waals surface area (Å²) in [5.41, 5.74) is 4.51. The Morgan fingerprint density at radius 1 is 1.14 bits per heavy atom. The van der Waals surface area contributed by atoms with Crippen molar-refractivity contribution in [3.8, 4) is 17.3 Å². The molecule has 0 amide bonds. The van der Waals surface area contributed by atoms with Crippen molar-refractivity contribution in [2.75, 3.05) is 11.9 Å².